The van der Waals surface area contributed by atoms with Gasteiger partial charge in [0.1, 0.15) is 30.3 Å². The molecule has 1 aliphatic rings. The number of aryl methyl sites for hydroxylation is 1. The van der Waals surface area contributed by atoms with E-state index in [1.54, 1.807) is 25.1 Å². The van der Waals surface area contributed by atoms with Crippen LogP contribution in [0.4, 0.5) is 10.5 Å². The van der Waals surface area contributed by atoms with Crippen LogP contribution < -0.4 is 33.0 Å². The summed E-state index contributed by atoms with van der Waals surface area (Å²) < 4.78 is 10.7. The number of guanidine groups is 1. The highest BCUT2D eigenvalue weighted by atomic mass is 16.5. The minimum Gasteiger partial charge on any atom is -0.445 e. The lowest BCUT2D eigenvalue weighted by molar-refractivity contribution is -0.140. The SMILES string of the molecule is Cc1cc(=O)oc2cc(NC(=O)C(CCCN=C(N)N)NC(=O)C3CCCN3C(=O)C(Cc3ccccc3)NC(=O)OCc3ccccc3)ccc12. The summed E-state index contributed by atoms with van der Waals surface area (Å²) in [5, 5.41) is 9.07. The molecule has 5 rings (SSSR count). The molecule has 1 aromatic heterocycles. The zero-order valence-corrected chi connectivity index (χ0v) is 28.9. The molecule has 52 heavy (non-hydrogen) atoms. The molecule has 4 amide bonds. The van der Waals surface area contributed by atoms with Crippen molar-refractivity contribution < 1.29 is 28.3 Å². The van der Waals surface area contributed by atoms with E-state index >= 15 is 0 Å². The van der Waals surface area contributed by atoms with E-state index < -0.39 is 47.6 Å². The molecule has 1 fully saturated rings. The summed E-state index contributed by atoms with van der Waals surface area (Å²) in [6, 6.07) is 21.8. The zero-order chi connectivity index (χ0) is 37.0. The maximum Gasteiger partial charge on any atom is 0.408 e. The number of fused-ring (bicyclic) bond motifs is 1. The molecular weight excluding hydrogens is 666 g/mol. The molecule has 4 aromatic rings. The number of anilines is 1. The van der Waals surface area contributed by atoms with E-state index in [9.17, 15) is 24.0 Å². The van der Waals surface area contributed by atoms with E-state index in [2.05, 4.69) is 20.9 Å². The normalized spacial score (nSPS) is 14.9. The molecule has 272 valence electrons. The monoisotopic (exact) mass is 709 g/mol. The number of nitrogens with one attached hydrogen (secondary N) is 3. The van der Waals surface area contributed by atoms with E-state index in [1.807, 2.05) is 60.7 Å². The first-order valence-electron chi connectivity index (χ1n) is 17.1. The summed E-state index contributed by atoms with van der Waals surface area (Å²) in [5.74, 6) is -1.58. The number of rotatable bonds is 14. The van der Waals surface area contributed by atoms with Crippen molar-refractivity contribution >= 4 is 46.4 Å². The summed E-state index contributed by atoms with van der Waals surface area (Å²) in [5.41, 5.74) is 13.4. The number of hydrogen-bond donors (Lipinski definition) is 5. The first kappa shape index (κ1) is 37.1. The number of likely N-dealkylation sites (tertiary alicyclic amines) is 1. The van der Waals surface area contributed by atoms with Gasteiger partial charge in [-0.3, -0.25) is 19.4 Å². The van der Waals surface area contributed by atoms with Crippen molar-refractivity contribution in [3.8, 4) is 0 Å². The third-order valence-electron chi connectivity index (χ3n) is 8.72. The second-order valence-electron chi connectivity index (χ2n) is 12.6. The minimum atomic E-state index is -1.02. The number of nitrogens with zero attached hydrogens (tertiary/aromatic N) is 2. The van der Waals surface area contributed by atoms with Crippen molar-refractivity contribution in [2.24, 2.45) is 16.5 Å². The van der Waals surface area contributed by atoms with Gasteiger partial charge in [0.2, 0.25) is 17.7 Å². The van der Waals surface area contributed by atoms with Gasteiger partial charge in [-0.2, -0.15) is 0 Å². The van der Waals surface area contributed by atoms with Crippen LogP contribution in [-0.2, 0) is 32.1 Å². The summed E-state index contributed by atoms with van der Waals surface area (Å²) in [4.78, 5) is 71.9. The van der Waals surface area contributed by atoms with Gasteiger partial charge < -0.3 is 41.5 Å². The summed E-state index contributed by atoms with van der Waals surface area (Å²) in [6.45, 7) is 2.32. The van der Waals surface area contributed by atoms with Gasteiger partial charge in [0.25, 0.3) is 0 Å². The van der Waals surface area contributed by atoms with Crippen LogP contribution in [0.25, 0.3) is 11.0 Å². The number of carbonyl (C=O) groups is 4. The van der Waals surface area contributed by atoms with Crippen molar-refractivity contribution in [3.63, 3.8) is 0 Å². The Morgan fingerprint density at radius 2 is 1.65 bits per heavy atom. The lowest BCUT2D eigenvalue weighted by Crippen LogP contribution is -2.56. The number of nitrogens with two attached hydrogens (primary N) is 2. The number of ether oxygens (including phenoxy) is 1. The molecule has 0 radical (unpaired) electrons. The van der Waals surface area contributed by atoms with Crippen LogP contribution in [0.5, 0.6) is 0 Å². The molecule has 3 atom stereocenters. The summed E-state index contributed by atoms with van der Waals surface area (Å²) >= 11 is 0. The Labute approximate surface area is 300 Å². The molecule has 14 heteroatoms. The number of carbonyl (C=O) groups excluding carboxylic acids is 4. The van der Waals surface area contributed by atoms with Gasteiger partial charge in [-0.25, -0.2) is 9.59 Å². The zero-order valence-electron chi connectivity index (χ0n) is 28.9. The van der Waals surface area contributed by atoms with Crippen LogP contribution in [0, 0.1) is 6.92 Å². The fraction of sp³-hybridized carbons (Fsp3) is 0.316. The third-order valence-corrected chi connectivity index (χ3v) is 8.72. The first-order valence-corrected chi connectivity index (χ1v) is 17.1. The molecule has 1 saturated heterocycles. The molecule has 1 aliphatic heterocycles. The van der Waals surface area contributed by atoms with Gasteiger partial charge in [-0.1, -0.05) is 60.7 Å². The van der Waals surface area contributed by atoms with E-state index in [4.69, 9.17) is 20.6 Å². The Hall–Kier alpha value is -6.18. The van der Waals surface area contributed by atoms with Gasteiger partial charge in [-0.05, 0) is 61.4 Å². The number of aliphatic imine (C=N–C) groups is 1. The van der Waals surface area contributed by atoms with Crippen LogP contribution in [-0.4, -0.2) is 65.9 Å². The highest BCUT2D eigenvalue weighted by Gasteiger charge is 2.39. The quantitative estimate of drug-likeness (QED) is 0.0563. The van der Waals surface area contributed by atoms with Crippen LogP contribution in [0.15, 0.2) is 99.1 Å². The summed E-state index contributed by atoms with van der Waals surface area (Å²) in [7, 11) is 0. The Kier molecular flexibility index (Phi) is 12.6. The molecule has 0 aliphatic carbocycles. The van der Waals surface area contributed by atoms with Crippen molar-refractivity contribution in [1.82, 2.24) is 15.5 Å². The van der Waals surface area contributed by atoms with Crippen molar-refractivity contribution in [1.29, 1.82) is 0 Å². The molecule has 0 bridgehead atoms. The summed E-state index contributed by atoms with van der Waals surface area (Å²) in [6.07, 6.45) is 0.861. The molecule has 14 nitrogen and oxygen atoms in total. The Morgan fingerprint density at radius 1 is 0.942 bits per heavy atom. The number of benzene rings is 3. The fourth-order valence-electron chi connectivity index (χ4n) is 6.13. The largest absolute Gasteiger partial charge is 0.445 e. The van der Waals surface area contributed by atoms with Crippen LogP contribution in [0.1, 0.15) is 42.4 Å². The molecule has 3 aromatic carbocycles. The van der Waals surface area contributed by atoms with Gasteiger partial charge in [0, 0.05) is 42.7 Å². The van der Waals surface area contributed by atoms with Crippen molar-refractivity contribution in [3.05, 3.63) is 112 Å². The lowest BCUT2D eigenvalue weighted by Gasteiger charge is -2.30. The average Bonchev–Trinajstić information content (AvgIpc) is 3.62. The molecule has 3 unspecified atom stereocenters. The lowest BCUT2D eigenvalue weighted by atomic mass is 10.0. The molecular formula is C38H43N7O7. The Morgan fingerprint density at radius 3 is 2.37 bits per heavy atom. The van der Waals surface area contributed by atoms with E-state index in [0.717, 1.165) is 22.1 Å². The molecule has 0 spiro atoms. The van der Waals surface area contributed by atoms with E-state index in [1.165, 1.54) is 11.0 Å². The van der Waals surface area contributed by atoms with Gasteiger partial charge in [0.15, 0.2) is 5.96 Å². The van der Waals surface area contributed by atoms with Crippen molar-refractivity contribution in [2.75, 3.05) is 18.4 Å². The Bertz CT molecular complexity index is 1960. The fourth-order valence-corrected chi connectivity index (χ4v) is 6.13. The topological polar surface area (TPSA) is 211 Å². The van der Waals surface area contributed by atoms with Gasteiger partial charge >= 0.3 is 11.7 Å². The number of alkyl carbamates (subject to hydrolysis) is 1. The predicted octanol–water partition coefficient (Wildman–Crippen LogP) is 3.11. The second-order valence-corrected chi connectivity index (χ2v) is 12.6. The number of hydrogen-bond acceptors (Lipinski definition) is 8. The molecule has 2 heterocycles. The van der Waals surface area contributed by atoms with Gasteiger partial charge in [-0.15, -0.1) is 0 Å². The second kappa shape index (κ2) is 17.7. The predicted molar refractivity (Wildman–Crippen MR) is 196 cm³/mol. The van der Waals surface area contributed by atoms with E-state index in [-0.39, 0.29) is 38.5 Å². The van der Waals surface area contributed by atoms with Crippen LogP contribution >= 0.6 is 0 Å². The van der Waals surface area contributed by atoms with Crippen molar-refractivity contribution in [2.45, 2.75) is 63.8 Å². The Balaban J connectivity index is 1.30. The van der Waals surface area contributed by atoms with E-state index in [0.29, 0.717) is 30.5 Å². The smallest absolute Gasteiger partial charge is 0.408 e. The van der Waals surface area contributed by atoms with Crippen LogP contribution in [0.3, 0.4) is 0 Å². The standard InChI is InChI=1S/C38H43N7O7/c1-24-20-33(46)52-32-22-27(16-17-28(24)32)42-34(47)29(14-8-18-41-37(39)40)43-35(48)31-15-9-19-45(31)36(49)30(21-25-10-4-2-5-11-25)44-38(50)51-23-26-12-6-3-7-13-26/h2-7,10-13,16-17,20,22,29-31H,8-9,14-15,18-19,21,23H2,1H3,(H,42,47)(H,43,48)(H,44,50)(H4,39,40,41). The maximum atomic E-state index is 14.1. The maximum absolute atomic E-state index is 14.1. The third kappa shape index (κ3) is 10.2. The molecule has 7 N–H and O–H groups in total. The first-order chi connectivity index (χ1) is 25.1. The average molecular weight is 710 g/mol. The minimum absolute atomic E-state index is 0.0214. The van der Waals surface area contributed by atoms with Crippen LogP contribution in [0.2, 0.25) is 0 Å². The highest BCUT2D eigenvalue weighted by molar-refractivity contribution is 6.00. The highest BCUT2D eigenvalue weighted by Crippen LogP contribution is 2.23. The number of amides is 4. The van der Waals surface area contributed by atoms with Gasteiger partial charge in [0.05, 0.1) is 0 Å². The molecule has 0 saturated carbocycles.